The van der Waals surface area contributed by atoms with Gasteiger partial charge in [-0.05, 0) is 38.5 Å². The van der Waals surface area contributed by atoms with Gasteiger partial charge in [0.25, 0.3) is 0 Å². The molecule has 4 heteroatoms. The van der Waals surface area contributed by atoms with E-state index in [1.165, 1.54) is 9.75 Å². The standard InChI is InChI=1S/C16H19NO2S/c1-11(8-14-7-6-12(2)20-14)17-9-13-4-3-5-15-16(13)19-10-18-15/h3-7,11,17H,8-10H2,1-2H3. The summed E-state index contributed by atoms with van der Waals surface area (Å²) in [5.41, 5.74) is 1.16. The van der Waals surface area contributed by atoms with Crippen LogP contribution in [0.1, 0.15) is 22.2 Å². The number of ether oxygens (including phenoxy) is 2. The van der Waals surface area contributed by atoms with E-state index >= 15 is 0 Å². The Kier molecular flexibility index (Phi) is 3.94. The maximum Gasteiger partial charge on any atom is 0.231 e. The van der Waals surface area contributed by atoms with E-state index in [4.69, 9.17) is 9.47 Å². The maximum atomic E-state index is 5.52. The van der Waals surface area contributed by atoms with E-state index in [1.807, 2.05) is 23.5 Å². The number of hydrogen-bond acceptors (Lipinski definition) is 4. The van der Waals surface area contributed by atoms with Crippen LogP contribution in [0, 0.1) is 6.92 Å². The molecule has 3 nitrogen and oxygen atoms in total. The van der Waals surface area contributed by atoms with Crippen molar-refractivity contribution in [2.24, 2.45) is 0 Å². The summed E-state index contributed by atoms with van der Waals surface area (Å²) in [6, 6.07) is 10.9. The molecule has 106 valence electrons. The molecule has 0 saturated heterocycles. The van der Waals surface area contributed by atoms with E-state index in [1.54, 1.807) is 0 Å². The summed E-state index contributed by atoms with van der Waals surface area (Å²) in [6.07, 6.45) is 1.06. The molecule has 1 unspecified atom stereocenters. The van der Waals surface area contributed by atoms with Crippen molar-refractivity contribution in [1.82, 2.24) is 5.32 Å². The molecule has 0 fully saturated rings. The van der Waals surface area contributed by atoms with Gasteiger partial charge in [0.15, 0.2) is 11.5 Å². The summed E-state index contributed by atoms with van der Waals surface area (Å²) in [7, 11) is 0. The van der Waals surface area contributed by atoms with Crippen molar-refractivity contribution in [2.45, 2.75) is 32.9 Å². The van der Waals surface area contributed by atoms with Gasteiger partial charge < -0.3 is 14.8 Å². The minimum atomic E-state index is 0.330. The second kappa shape index (κ2) is 5.85. The van der Waals surface area contributed by atoms with Gasteiger partial charge in [-0.1, -0.05) is 12.1 Å². The molecule has 0 aliphatic carbocycles. The third-order valence-electron chi connectivity index (χ3n) is 3.42. The molecule has 0 spiro atoms. The van der Waals surface area contributed by atoms with Gasteiger partial charge >= 0.3 is 0 Å². The number of nitrogens with one attached hydrogen (secondary N) is 1. The molecule has 0 saturated carbocycles. The van der Waals surface area contributed by atoms with Crippen molar-refractivity contribution in [1.29, 1.82) is 0 Å². The van der Waals surface area contributed by atoms with Crippen LogP contribution in [0.5, 0.6) is 11.5 Å². The number of rotatable bonds is 5. The Labute approximate surface area is 123 Å². The highest BCUT2D eigenvalue weighted by Gasteiger charge is 2.17. The van der Waals surface area contributed by atoms with Crippen LogP contribution in [-0.2, 0) is 13.0 Å². The van der Waals surface area contributed by atoms with Crippen LogP contribution in [-0.4, -0.2) is 12.8 Å². The molecule has 1 atom stereocenters. The van der Waals surface area contributed by atoms with Crippen molar-refractivity contribution in [3.63, 3.8) is 0 Å². The molecule has 1 N–H and O–H groups in total. The zero-order valence-electron chi connectivity index (χ0n) is 11.8. The van der Waals surface area contributed by atoms with Gasteiger partial charge in [0.1, 0.15) is 0 Å². The summed E-state index contributed by atoms with van der Waals surface area (Å²) >= 11 is 1.87. The Morgan fingerprint density at radius 3 is 2.95 bits per heavy atom. The van der Waals surface area contributed by atoms with E-state index in [-0.39, 0.29) is 0 Å². The maximum absolute atomic E-state index is 5.52. The SMILES string of the molecule is Cc1ccc(CC(C)NCc2cccc3c2OCO3)s1. The average molecular weight is 289 g/mol. The molecule has 1 aliphatic rings. The number of para-hydroxylation sites is 1. The Morgan fingerprint density at radius 1 is 1.25 bits per heavy atom. The molecule has 0 radical (unpaired) electrons. The van der Waals surface area contributed by atoms with E-state index in [2.05, 4.69) is 37.4 Å². The fourth-order valence-corrected chi connectivity index (χ4v) is 3.40. The second-order valence-electron chi connectivity index (χ2n) is 5.15. The number of thiophene rings is 1. The fourth-order valence-electron chi connectivity index (χ4n) is 2.38. The Bertz CT molecular complexity index is 594. The first-order valence-corrected chi connectivity index (χ1v) is 7.70. The van der Waals surface area contributed by atoms with E-state index in [0.29, 0.717) is 12.8 Å². The minimum absolute atomic E-state index is 0.330. The van der Waals surface area contributed by atoms with Crippen molar-refractivity contribution in [3.05, 3.63) is 45.6 Å². The van der Waals surface area contributed by atoms with Gasteiger partial charge in [-0.3, -0.25) is 0 Å². The summed E-state index contributed by atoms with van der Waals surface area (Å²) in [6.45, 7) is 5.50. The van der Waals surface area contributed by atoms with Crippen LogP contribution >= 0.6 is 11.3 Å². The van der Waals surface area contributed by atoms with Gasteiger partial charge in [0.05, 0.1) is 0 Å². The quantitative estimate of drug-likeness (QED) is 0.913. The van der Waals surface area contributed by atoms with Crippen LogP contribution in [0.3, 0.4) is 0 Å². The predicted octanol–water partition coefficient (Wildman–Crippen LogP) is 3.51. The highest BCUT2D eigenvalue weighted by molar-refractivity contribution is 7.11. The first kappa shape index (κ1) is 13.5. The zero-order chi connectivity index (χ0) is 13.9. The first-order chi connectivity index (χ1) is 9.72. The molecule has 1 aromatic heterocycles. The lowest BCUT2D eigenvalue weighted by Gasteiger charge is -2.14. The predicted molar refractivity (Wildman–Crippen MR) is 81.6 cm³/mol. The molecular formula is C16H19NO2S. The Balaban J connectivity index is 1.58. The molecule has 1 aromatic carbocycles. The topological polar surface area (TPSA) is 30.5 Å². The highest BCUT2D eigenvalue weighted by Crippen LogP contribution is 2.35. The Morgan fingerprint density at radius 2 is 2.15 bits per heavy atom. The van der Waals surface area contributed by atoms with Crippen LogP contribution in [0.15, 0.2) is 30.3 Å². The van der Waals surface area contributed by atoms with Crippen LogP contribution < -0.4 is 14.8 Å². The fraction of sp³-hybridized carbons (Fsp3) is 0.375. The number of fused-ring (bicyclic) bond motifs is 1. The summed E-state index contributed by atoms with van der Waals surface area (Å²) < 4.78 is 10.9. The zero-order valence-corrected chi connectivity index (χ0v) is 12.6. The molecule has 1 aliphatic heterocycles. The van der Waals surface area contributed by atoms with Crippen molar-refractivity contribution in [2.75, 3.05) is 6.79 Å². The largest absolute Gasteiger partial charge is 0.454 e. The van der Waals surface area contributed by atoms with Gasteiger partial charge in [0.2, 0.25) is 6.79 Å². The molecule has 0 amide bonds. The van der Waals surface area contributed by atoms with E-state index < -0.39 is 0 Å². The van der Waals surface area contributed by atoms with Crippen molar-refractivity contribution in [3.8, 4) is 11.5 Å². The normalized spacial score (nSPS) is 14.5. The van der Waals surface area contributed by atoms with Gasteiger partial charge in [0, 0.05) is 27.9 Å². The summed E-state index contributed by atoms with van der Waals surface area (Å²) in [4.78, 5) is 2.80. The highest BCUT2D eigenvalue weighted by atomic mass is 32.1. The molecule has 20 heavy (non-hydrogen) atoms. The van der Waals surface area contributed by atoms with E-state index in [0.717, 1.165) is 30.0 Å². The molecule has 2 aromatic rings. The van der Waals surface area contributed by atoms with Crippen LogP contribution in [0.4, 0.5) is 0 Å². The monoisotopic (exact) mass is 289 g/mol. The lowest BCUT2D eigenvalue weighted by molar-refractivity contribution is 0.173. The lowest BCUT2D eigenvalue weighted by Crippen LogP contribution is -2.27. The summed E-state index contributed by atoms with van der Waals surface area (Å²) in [5, 5.41) is 3.56. The average Bonchev–Trinajstić information content (AvgIpc) is 3.05. The smallest absolute Gasteiger partial charge is 0.231 e. The van der Waals surface area contributed by atoms with Crippen molar-refractivity contribution >= 4 is 11.3 Å². The number of benzene rings is 1. The van der Waals surface area contributed by atoms with Crippen molar-refractivity contribution < 1.29 is 9.47 Å². The third kappa shape index (κ3) is 2.97. The minimum Gasteiger partial charge on any atom is -0.454 e. The van der Waals surface area contributed by atoms with Crippen LogP contribution in [0.25, 0.3) is 0 Å². The summed E-state index contributed by atoms with van der Waals surface area (Å²) in [5.74, 6) is 1.74. The number of hydrogen-bond donors (Lipinski definition) is 1. The second-order valence-corrected chi connectivity index (χ2v) is 6.52. The third-order valence-corrected chi connectivity index (χ3v) is 4.45. The first-order valence-electron chi connectivity index (χ1n) is 6.88. The molecule has 2 heterocycles. The van der Waals surface area contributed by atoms with Gasteiger partial charge in [-0.15, -0.1) is 11.3 Å². The molecule has 0 bridgehead atoms. The molecule has 3 rings (SSSR count). The van der Waals surface area contributed by atoms with Gasteiger partial charge in [-0.2, -0.15) is 0 Å². The van der Waals surface area contributed by atoms with E-state index in [9.17, 15) is 0 Å². The van der Waals surface area contributed by atoms with Crippen LogP contribution in [0.2, 0.25) is 0 Å². The Hall–Kier alpha value is -1.52. The molecular weight excluding hydrogens is 270 g/mol. The number of aryl methyl sites for hydroxylation is 1. The lowest BCUT2D eigenvalue weighted by atomic mass is 10.1. The van der Waals surface area contributed by atoms with Gasteiger partial charge in [-0.25, -0.2) is 0 Å².